The van der Waals surface area contributed by atoms with Gasteiger partial charge in [0.15, 0.2) is 0 Å². The molecule has 1 aliphatic rings. The number of rotatable bonds is 4. The average molecular weight is 347 g/mol. The quantitative estimate of drug-likeness (QED) is 0.849. The van der Waals surface area contributed by atoms with E-state index in [1.165, 1.54) is 6.33 Å². The van der Waals surface area contributed by atoms with Crippen LogP contribution in [0.15, 0.2) is 41.7 Å². The van der Waals surface area contributed by atoms with Crippen LogP contribution in [0.5, 0.6) is 5.88 Å². The van der Waals surface area contributed by atoms with Gasteiger partial charge in [0.1, 0.15) is 12.4 Å². The van der Waals surface area contributed by atoms with E-state index in [0.29, 0.717) is 36.7 Å². The summed E-state index contributed by atoms with van der Waals surface area (Å²) in [6.07, 6.45) is 4.34. The van der Waals surface area contributed by atoms with Crippen molar-refractivity contribution in [3.8, 4) is 5.88 Å². The smallest absolute Gasteiger partial charge is 0.243 e. The minimum Gasteiger partial charge on any atom is -0.474 e. The first kappa shape index (κ1) is 16.9. The summed E-state index contributed by atoms with van der Waals surface area (Å²) in [6.45, 7) is 4.70. The summed E-state index contributed by atoms with van der Waals surface area (Å²) in [5.41, 5.74) is 1.85. The number of sulfonamides is 1. The van der Waals surface area contributed by atoms with Crippen molar-refractivity contribution in [3.05, 3.63) is 47.9 Å². The Kier molecular flexibility index (Phi) is 4.82. The molecule has 0 aliphatic carbocycles. The molecule has 3 rings (SSSR count). The highest BCUT2D eigenvalue weighted by molar-refractivity contribution is 7.89. The number of piperidine rings is 1. The molecule has 6 nitrogen and oxygen atoms in total. The molecule has 0 spiro atoms. The molecular weight excluding hydrogens is 326 g/mol. The number of benzene rings is 1. The van der Waals surface area contributed by atoms with Crippen LogP contribution in [0, 0.1) is 13.8 Å². The number of hydrogen-bond acceptors (Lipinski definition) is 5. The van der Waals surface area contributed by atoms with Crippen LogP contribution >= 0.6 is 0 Å². The second-order valence-corrected chi connectivity index (χ2v) is 7.94. The first-order valence-corrected chi connectivity index (χ1v) is 9.41. The van der Waals surface area contributed by atoms with E-state index in [9.17, 15) is 8.42 Å². The van der Waals surface area contributed by atoms with Crippen molar-refractivity contribution in [1.82, 2.24) is 14.3 Å². The fourth-order valence-electron chi connectivity index (χ4n) is 2.94. The topological polar surface area (TPSA) is 72.4 Å². The van der Waals surface area contributed by atoms with E-state index in [-0.39, 0.29) is 6.10 Å². The summed E-state index contributed by atoms with van der Waals surface area (Å²) >= 11 is 0. The van der Waals surface area contributed by atoms with Crippen molar-refractivity contribution in [2.45, 2.75) is 37.7 Å². The molecule has 0 N–H and O–H groups in total. The molecule has 0 radical (unpaired) electrons. The van der Waals surface area contributed by atoms with Gasteiger partial charge in [0.25, 0.3) is 0 Å². The maximum absolute atomic E-state index is 12.8. The van der Waals surface area contributed by atoms with Gasteiger partial charge in [-0.05, 0) is 38.3 Å². The van der Waals surface area contributed by atoms with Gasteiger partial charge in [-0.25, -0.2) is 18.4 Å². The number of aryl methyl sites for hydroxylation is 2. The second-order valence-electron chi connectivity index (χ2n) is 6.04. The van der Waals surface area contributed by atoms with Crippen LogP contribution in [0.4, 0.5) is 0 Å². The Hall–Kier alpha value is -1.99. The Labute approximate surface area is 142 Å². The van der Waals surface area contributed by atoms with Gasteiger partial charge in [0, 0.05) is 25.4 Å². The largest absolute Gasteiger partial charge is 0.474 e. The maximum atomic E-state index is 12.8. The highest BCUT2D eigenvalue weighted by atomic mass is 32.2. The van der Waals surface area contributed by atoms with Crippen LogP contribution in [0.25, 0.3) is 0 Å². The van der Waals surface area contributed by atoms with Crippen LogP contribution in [0.2, 0.25) is 0 Å². The van der Waals surface area contributed by atoms with Gasteiger partial charge in [-0.1, -0.05) is 17.7 Å². The van der Waals surface area contributed by atoms with Gasteiger partial charge in [-0.2, -0.15) is 4.31 Å². The van der Waals surface area contributed by atoms with Gasteiger partial charge in [-0.3, -0.25) is 0 Å². The van der Waals surface area contributed by atoms with E-state index in [0.717, 1.165) is 11.1 Å². The van der Waals surface area contributed by atoms with Crippen LogP contribution in [-0.4, -0.2) is 41.9 Å². The number of nitrogens with zero attached hydrogens (tertiary/aromatic N) is 3. The lowest BCUT2D eigenvalue weighted by Crippen LogP contribution is -2.42. The van der Waals surface area contributed by atoms with Crippen molar-refractivity contribution in [1.29, 1.82) is 0 Å². The third-order valence-corrected chi connectivity index (χ3v) is 6.25. The fraction of sp³-hybridized carbons (Fsp3) is 0.412. The number of ether oxygens (including phenoxy) is 1. The van der Waals surface area contributed by atoms with E-state index < -0.39 is 10.0 Å². The van der Waals surface area contributed by atoms with Crippen molar-refractivity contribution in [3.63, 3.8) is 0 Å². The Morgan fingerprint density at radius 1 is 1.17 bits per heavy atom. The Morgan fingerprint density at radius 3 is 2.54 bits per heavy atom. The first-order chi connectivity index (χ1) is 11.5. The number of hydrogen-bond donors (Lipinski definition) is 0. The lowest BCUT2D eigenvalue weighted by atomic mass is 10.1. The predicted molar refractivity (Wildman–Crippen MR) is 90.4 cm³/mol. The van der Waals surface area contributed by atoms with Crippen molar-refractivity contribution < 1.29 is 13.2 Å². The van der Waals surface area contributed by atoms with E-state index >= 15 is 0 Å². The molecule has 2 heterocycles. The molecule has 1 saturated heterocycles. The summed E-state index contributed by atoms with van der Waals surface area (Å²) in [7, 11) is -3.45. The Bertz CT molecular complexity index is 801. The zero-order valence-corrected chi connectivity index (χ0v) is 14.7. The summed E-state index contributed by atoms with van der Waals surface area (Å²) in [4.78, 5) is 8.29. The molecule has 0 amide bonds. The van der Waals surface area contributed by atoms with Crippen LogP contribution in [0.3, 0.4) is 0 Å². The lowest BCUT2D eigenvalue weighted by molar-refractivity contribution is 0.129. The van der Waals surface area contributed by atoms with Gasteiger partial charge < -0.3 is 4.74 Å². The standard InChI is InChI=1S/C17H21N3O3S/c1-13-3-4-16(14(2)11-13)24(21,22)20-9-6-15(7-10-20)23-17-5-8-18-12-19-17/h3-5,8,11-12,15H,6-7,9-10H2,1-2H3. The molecule has 7 heteroatoms. The molecular formula is C17H21N3O3S. The summed E-state index contributed by atoms with van der Waals surface area (Å²) in [5, 5.41) is 0. The minimum absolute atomic E-state index is 0.0227. The normalized spacial score (nSPS) is 16.9. The third kappa shape index (κ3) is 3.57. The number of aromatic nitrogens is 2. The molecule has 1 fully saturated rings. The third-order valence-electron chi connectivity index (χ3n) is 4.19. The molecule has 0 bridgehead atoms. The molecule has 128 valence electrons. The lowest BCUT2D eigenvalue weighted by Gasteiger charge is -2.31. The minimum atomic E-state index is -3.45. The zero-order valence-electron chi connectivity index (χ0n) is 13.8. The Morgan fingerprint density at radius 2 is 1.92 bits per heavy atom. The predicted octanol–water partition coefficient (Wildman–Crippen LogP) is 2.33. The molecule has 1 aliphatic heterocycles. The van der Waals surface area contributed by atoms with Gasteiger partial charge in [0.05, 0.1) is 4.90 Å². The summed E-state index contributed by atoms with van der Waals surface area (Å²) in [5.74, 6) is 0.528. The van der Waals surface area contributed by atoms with Crippen molar-refractivity contribution in [2.24, 2.45) is 0 Å². The summed E-state index contributed by atoms with van der Waals surface area (Å²) in [6, 6.07) is 7.14. The molecule has 24 heavy (non-hydrogen) atoms. The van der Waals surface area contributed by atoms with E-state index in [1.54, 1.807) is 22.6 Å². The van der Waals surface area contributed by atoms with Gasteiger partial charge in [0.2, 0.25) is 15.9 Å². The fourth-order valence-corrected chi connectivity index (χ4v) is 4.61. The van der Waals surface area contributed by atoms with E-state index in [4.69, 9.17) is 4.74 Å². The maximum Gasteiger partial charge on any atom is 0.243 e. The van der Waals surface area contributed by atoms with Gasteiger partial charge >= 0.3 is 0 Å². The monoisotopic (exact) mass is 347 g/mol. The van der Waals surface area contributed by atoms with Crippen LogP contribution in [0.1, 0.15) is 24.0 Å². The highest BCUT2D eigenvalue weighted by Gasteiger charge is 2.31. The molecule has 0 unspecified atom stereocenters. The van der Waals surface area contributed by atoms with Crippen molar-refractivity contribution >= 4 is 10.0 Å². The Balaban J connectivity index is 1.67. The first-order valence-electron chi connectivity index (χ1n) is 7.97. The second kappa shape index (κ2) is 6.86. The molecule has 2 aromatic rings. The highest BCUT2D eigenvalue weighted by Crippen LogP contribution is 2.25. The van der Waals surface area contributed by atoms with Crippen LogP contribution < -0.4 is 4.74 Å². The van der Waals surface area contributed by atoms with Crippen LogP contribution in [-0.2, 0) is 10.0 Å². The molecule has 0 atom stereocenters. The summed E-state index contributed by atoms with van der Waals surface area (Å²) < 4.78 is 33.0. The van der Waals surface area contributed by atoms with E-state index in [1.807, 2.05) is 26.0 Å². The molecule has 1 aromatic heterocycles. The molecule has 0 saturated carbocycles. The van der Waals surface area contributed by atoms with Crippen molar-refractivity contribution in [2.75, 3.05) is 13.1 Å². The average Bonchev–Trinajstić information content (AvgIpc) is 2.56. The van der Waals surface area contributed by atoms with E-state index in [2.05, 4.69) is 9.97 Å². The SMILES string of the molecule is Cc1ccc(S(=O)(=O)N2CCC(Oc3ccncn3)CC2)c(C)c1. The zero-order chi connectivity index (χ0) is 17.2. The van der Waals surface area contributed by atoms with Gasteiger partial charge in [-0.15, -0.1) is 0 Å². The molecule has 1 aromatic carbocycles.